The molecular weight excluding hydrogens is 300 g/mol. The summed E-state index contributed by atoms with van der Waals surface area (Å²) in [5, 5.41) is 13.0. The number of ether oxygens (including phenoxy) is 2. The van der Waals surface area contributed by atoms with E-state index in [2.05, 4.69) is 10.3 Å². The monoisotopic (exact) mass is 314 g/mol. The van der Waals surface area contributed by atoms with Gasteiger partial charge in [0.05, 0.1) is 26.5 Å². The highest BCUT2D eigenvalue weighted by atomic mass is 35.5. The number of anilines is 1. The van der Waals surface area contributed by atoms with Gasteiger partial charge in [-0.2, -0.15) is 0 Å². The van der Waals surface area contributed by atoms with Gasteiger partial charge in [0.15, 0.2) is 11.5 Å². The molecule has 1 heterocycles. The van der Waals surface area contributed by atoms with Gasteiger partial charge in [-0.1, -0.05) is 11.6 Å². The van der Waals surface area contributed by atoms with E-state index in [1.54, 1.807) is 13.3 Å². The number of aliphatic hydroxyl groups is 1. The molecule has 2 rings (SSSR count). The van der Waals surface area contributed by atoms with Gasteiger partial charge in [-0.15, -0.1) is 11.3 Å². The summed E-state index contributed by atoms with van der Waals surface area (Å²) in [4.78, 5) is 4.17. The topological polar surface area (TPSA) is 63.6 Å². The number of hydrogen-bond acceptors (Lipinski definition) is 6. The lowest BCUT2D eigenvalue weighted by molar-refractivity contribution is 0.196. The van der Waals surface area contributed by atoms with Crippen LogP contribution in [0.4, 0.5) is 5.69 Å². The van der Waals surface area contributed by atoms with Crippen molar-refractivity contribution in [1.82, 2.24) is 4.98 Å². The van der Waals surface area contributed by atoms with E-state index in [-0.39, 0.29) is 13.2 Å². The first-order valence-electron chi connectivity index (χ1n) is 5.98. The maximum atomic E-state index is 8.81. The van der Waals surface area contributed by atoms with Crippen molar-refractivity contribution in [2.75, 3.05) is 25.6 Å². The molecule has 0 radical (unpaired) electrons. The standard InChI is InChI=1S/C13H15ClN2O3S/c1-18-10-3-2-9(6-11(10)19-5-4-17)15-8-13-16-7-12(14)20-13/h2-3,6-7,15,17H,4-5,8H2,1H3. The van der Waals surface area contributed by atoms with Crippen molar-refractivity contribution in [3.05, 3.63) is 33.7 Å². The van der Waals surface area contributed by atoms with Crippen LogP contribution in [0, 0.1) is 0 Å². The molecule has 20 heavy (non-hydrogen) atoms. The minimum absolute atomic E-state index is 0.0432. The van der Waals surface area contributed by atoms with Crippen molar-refractivity contribution >= 4 is 28.6 Å². The lowest BCUT2D eigenvalue weighted by atomic mass is 10.2. The maximum Gasteiger partial charge on any atom is 0.163 e. The van der Waals surface area contributed by atoms with Crippen LogP contribution >= 0.6 is 22.9 Å². The fourth-order valence-corrected chi connectivity index (χ4v) is 2.50. The quantitative estimate of drug-likeness (QED) is 0.823. The molecule has 7 heteroatoms. The molecular formula is C13H15ClN2O3S. The van der Waals surface area contributed by atoms with E-state index in [1.807, 2.05) is 18.2 Å². The highest BCUT2D eigenvalue weighted by molar-refractivity contribution is 7.15. The Hall–Kier alpha value is -1.50. The predicted octanol–water partition coefficient (Wildman–Crippen LogP) is 2.79. The van der Waals surface area contributed by atoms with Crippen LogP contribution in [-0.2, 0) is 6.54 Å². The zero-order valence-electron chi connectivity index (χ0n) is 10.9. The molecule has 2 aromatic rings. The largest absolute Gasteiger partial charge is 0.493 e. The first-order chi connectivity index (χ1) is 9.72. The average molecular weight is 315 g/mol. The second-order valence-electron chi connectivity index (χ2n) is 3.85. The number of methoxy groups -OCH3 is 1. The summed E-state index contributed by atoms with van der Waals surface area (Å²) in [6.45, 7) is 0.767. The van der Waals surface area contributed by atoms with Gasteiger partial charge in [0.2, 0.25) is 0 Å². The van der Waals surface area contributed by atoms with Crippen LogP contribution in [-0.4, -0.2) is 30.4 Å². The van der Waals surface area contributed by atoms with Crippen molar-refractivity contribution in [3.8, 4) is 11.5 Å². The lowest BCUT2D eigenvalue weighted by Gasteiger charge is -2.12. The van der Waals surface area contributed by atoms with Gasteiger partial charge < -0.3 is 19.9 Å². The molecule has 0 aliphatic rings. The van der Waals surface area contributed by atoms with Gasteiger partial charge in [-0.25, -0.2) is 4.98 Å². The Morgan fingerprint density at radius 3 is 2.90 bits per heavy atom. The van der Waals surface area contributed by atoms with Crippen LogP contribution in [0.3, 0.4) is 0 Å². The Labute approximate surface area is 126 Å². The smallest absolute Gasteiger partial charge is 0.163 e. The van der Waals surface area contributed by atoms with Crippen LogP contribution in [0.15, 0.2) is 24.4 Å². The van der Waals surface area contributed by atoms with Crippen molar-refractivity contribution in [1.29, 1.82) is 0 Å². The zero-order chi connectivity index (χ0) is 14.4. The van der Waals surface area contributed by atoms with Crippen molar-refractivity contribution < 1.29 is 14.6 Å². The second-order valence-corrected chi connectivity index (χ2v) is 5.60. The molecule has 0 saturated heterocycles. The third kappa shape index (κ3) is 4.00. The Bertz CT molecular complexity index is 562. The summed E-state index contributed by atoms with van der Waals surface area (Å²) in [6, 6.07) is 5.52. The fraction of sp³-hybridized carbons (Fsp3) is 0.308. The van der Waals surface area contributed by atoms with Crippen molar-refractivity contribution in [3.63, 3.8) is 0 Å². The second kappa shape index (κ2) is 7.33. The summed E-state index contributed by atoms with van der Waals surface area (Å²) >= 11 is 7.27. The first kappa shape index (κ1) is 14.9. The lowest BCUT2D eigenvalue weighted by Crippen LogP contribution is -2.04. The van der Waals surface area contributed by atoms with Crippen molar-refractivity contribution in [2.24, 2.45) is 0 Å². The predicted molar refractivity (Wildman–Crippen MR) is 80.0 cm³/mol. The number of benzene rings is 1. The summed E-state index contributed by atoms with van der Waals surface area (Å²) in [7, 11) is 1.58. The third-order valence-electron chi connectivity index (χ3n) is 2.48. The summed E-state index contributed by atoms with van der Waals surface area (Å²) < 4.78 is 11.3. The van der Waals surface area contributed by atoms with Crippen LogP contribution in [0.1, 0.15) is 5.01 Å². The Balaban J connectivity index is 2.03. The Morgan fingerprint density at radius 1 is 1.40 bits per heavy atom. The van der Waals surface area contributed by atoms with Gasteiger partial charge in [0.1, 0.15) is 16.0 Å². The van der Waals surface area contributed by atoms with Gasteiger partial charge in [0, 0.05) is 11.8 Å². The number of hydrogen-bond donors (Lipinski definition) is 2. The number of aromatic nitrogens is 1. The van der Waals surface area contributed by atoms with Gasteiger partial charge >= 0.3 is 0 Å². The van der Waals surface area contributed by atoms with Gasteiger partial charge in [-0.3, -0.25) is 0 Å². The van der Waals surface area contributed by atoms with Gasteiger partial charge in [0.25, 0.3) is 0 Å². The molecule has 1 aromatic heterocycles. The third-order valence-corrected chi connectivity index (χ3v) is 3.60. The molecule has 0 fully saturated rings. The zero-order valence-corrected chi connectivity index (χ0v) is 12.5. The number of rotatable bonds is 7. The molecule has 1 aromatic carbocycles. The fourth-order valence-electron chi connectivity index (χ4n) is 1.60. The molecule has 0 amide bonds. The molecule has 0 saturated carbocycles. The molecule has 5 nitrogen and oxygen atoms in total. The molecule has 0 aliphatic heterocycles. The highest BCUT2D eigenvalue weighted by Gasteiger charge is 2.06. The summed E-state index contributed by atoms with van der Waals surface area (Å²) in [5.74, 6) is 1.21. The normalized spacial score (nSPS) is 10.3. The Morgan fingerprint density at radius 2 is 2.25 bits per heavy atom. The van der Waals surface area contributed by atoms with Gasteiger partial charge in [-0.05, 0) is 12.1 Å². The first-order valence-corrected chi connectivity index (χ1v) is 7.18. The van der Waals surface area contributed by atoms with E-state index in [4.69, 9.17) is 26.2 Å². The number of aliphatic hydroxyl groups excluding tert-OH is 1. The maximum absolute atomic E-state index is 8.81. The molecule has 0 unspecified atom stereocenters. The molecule has 108 valence electrons. The molecule has 0 bridgehead atoms. The Kier molecular flexibility index (Phi) is 5.46. The number of nitrogens with one attached hydrogen (secondary N) is 1. The molecule has 0 spiro atoms. The number of nitrogens with zero attached hydrogens (tertiary/aromatic N) is 1. The van der Waals surface area contributed by atoms with Crippen LogP contribution in [0.2, 0.25) is 4.34 Å². The molecule has 0 aliphatic carbocycles. The van der Waals surface area contributed by atoms with Crippen LogP contribution in [0.25, 0.3) is 0 Å². The van der Waals surface area contributed by atoms with E-state index in [1.165, 1.54) is 11.3 Å². The van der Waals surface area contributed by atoms with E-state index in [0.717, 1.165) is 10.7 Å². The van der Waals surface area contributed by atoms with E-state index in [0.29, 0.717) is 22.4 Å². The van der Waals surface area contributed by atoms with E-state index < -0.39 is 0 Å². The SMILES string of the molecule is COc1ccc(NCc2ncc(Cl)s2)cc1OCCO. The van der Waals surface area contributed by atoms with Crippen LogP contribution < -0.4 is 14.8 Å². The average Bonchev–Trinajstić information content (AvgIpc) is 2.88. The van der Waals surface area contributed by atoms with E-state index >= 15 is 0 Å². The molecule has 2 N–H and O–H groups in total. The van der Waals surface area contributed by atoms with Crippen molar-refractivity contribution in [2.45, 2.75) is 6.54 Å². The minimum atomic E-state index is -0.0432. The highest BCUT2D eigenvalue weighted by Crippen LogP contribution is 2.30. The number of thiazole rings is 1. The minimum Gasteiger partial charge on any atom is -0.493 e. The van der Waals surface area contributed by atoms with Crippen LogP contribution in [0.5, 0.6) is 11.5 Å². The van der Waals surface area contributed by atoms with E-state index in [9.17, 15) is 0 Å². The molecule has 0 atom stereocenters. The summed E-state index contributed by atoms with van der Waals surface area (Å²) in [6.07, 6.45) is 1.63. The summed E-state index contributed by atoms with van der Waals surface area (Å²) in [5.41, 5.74) is 0.880. The number of halogens is 1.